The second kappa shape index (κ2) is 3.15. The Hall–Kier alpha value is -1.41. The molecule has 0 radical (unpaired) electrons. The molecule has 2 rings (SSSR count). The fourth-order valence-corrected chi connectivity index (χ4v) is 1.24. The molecule has 2 nitrogen and oxygen atoms in total. The van der Waals surface area contributed by atoms with Crippen LogP contribution in [0.25, 0.3) is 11.1 Å². The molecule has 0 aliphatic carbocycles. The van der Waals surface area contributed by atoms with Gasteiger partial charge in [-0.3, -0.25) is 0 Å². The second-order valence-electron chi connectivity index (χ2n) is 2.68. The third-order valence-corrected chi connectivity index (χ3v) is 2.12. The molecule has 66 valence electrons. The number of furan rings is 1. The Morgan fingerprint density at radius 1 is 1.15 bits per heavy atom. The predicted molar refractivity (Wildman–Crippen MR) is 50.8 cm³/mol. The molecule has 1 aromatic carbocycles. The molecule has 0 amide bonds. The van der Waals surface area contributed by atoms with Gasteiger partial charge >= 0.3 is 0 Å². The third-order valence-electron chi connectivity index (χ3n) is 1.80. The van der Waals surface area contributed by atoms with Crippen LogP contribution in [0.15, 0.2) is 41.2 Å². The van der Waals surface area contributed by atoms with Gasteiger partial charge in [-0.2, -0.15) is 0 Å². The molecule has 13 heavy (non-hydrogen) atoms. The van der Waals surface area contributed by atoms with Crippen molar-refractivity contribution in [2.45, 2.75) is 0 Å². The van der Waals surface area contributed by atoms with Crippen molar-refractivity contribution in [3.63, 3.8) is 0 Å². The van der Waals surface area contributed by atoms with E-state index in [2.05, 4.69) is 0 Å². The van der Waals surface area contributed by atoms with E-state index in [9.17, 15) is 5.11 Å². The van der Waals surface area contributed by atoms with Crippen molar-refractivity contribution in [3.05, 3.63) is 41.8 Å². The normalized spacial score (nSPS) is 10.2. The van der Waals surface area contributed by atoms with Gasteiger partial charge in [0, 0.05) is 5.56 Å². The Labute approximate surface area is 80.4 Å². The highest BCUT2D eigenvalue weighted by molar-refractivity contribution is 6.32. The van der Waals surface area contributed by atoms with Gasteiger partial charge < -0.3 is 9.52 Å². The van der Waals surface area contributed by atoms with Crippen molar-refractivity contribution in [1.29, 1.82) is 0 Å². The average Bonchev–Trinajstić information content (AvgIpc) is 2.62. The second-order valence-corrected chi connectivity index (χ2v) is 3.09. The first-order chi connectivity index (χ1) is 6.27. The smallest absolute Gasteiger partial charge is 0.134 e. The highest BCUT2D eigenvalue weighted by atomic mass is 35.5. The zero-order chi connectivity index (χ0) is 9.26. The number of benzene rings is 1. The standard InChI is InChI=1S/C10H7ClO2/c11-9-2-1-7(5-10(9)12)8-3-4-13-6-8/h1-6,12H. The quantitative estimate of drug-likeness (QED) is 0.756. The summed E-state index contributed by atoms with van der Waals surface area (Å²) in [5.41, 5.74) is 1.81. The van der Waals surface area contributed by atoms with Crippen LogP contribution in [0.5, 0.6) is 5.75 Å². The van der Waals surface area contributed by atoms with Crippen LogP contribution in [-0.2, 0) is 0 Å². The van der Waals surface area contributed by atoms with Crippen molar-refractivity contribution in [2.75, 3.05) is 0 Å². The number of phenols is 1. The van der Waals surface area contributed by atoms with Crippen molar-refractivity contribution >= 4 is 11.6 Å². The highest BCUT2D eigenvalue weighted by Gasteiger charge is 2.02. The van der Waals surface area contributed by atoms with E-state index in [1.165, 1.54) is 0 Å². The number of phenolic OH excluding ortho intramolecular Hbond substituents is 1. The summed E-state index contributed by atoms with van der Waals surface area (Å²) in [5.74, 6) is 0.0837. The van der Waals surface area contributed by atoms with Crippen LogP contribution in [0.3, 0.4) is 0 Å². The molecule has 3 heteroatoms. The minimum Gasteiger partial charge on any atom is -0.506 e. The van der Waals surface area contributed by atoms with Crippen molar-refractivity contribution < 1.29 is 9.52 Å². The van der Waals surface area contributed by atoms with E-state index in [1.807, 2.05) is 12.1 Å². The molecule has 0 spiro atoms. The number of rotatable bonds is 1. The fraction of sp³-hybridized carbons (Fsp3) is 0. The van der Waals surface area contributed by atoms with Gasteiger partial charge in [0.1, 0.15) is 5.75 Å². The lowest BCUT2D eigenvalue weighted by atomic mass is 10.1. The van der Waals surface area contributed by atoms with Gasteiger partial charge in [-0.25, -0.2) is 0 Å². The molecule has 2 aromatic rings. The first-order valence-corrected chi connectivity index (χ1v) is 4.16. The van der Waals surface area contributed by atoms with Crippen LogP contribution in [-0.4, -0.2) is 5.11 Å². The van der Waals surface area contributed by atoms with Gasteiger partial charge in [0.25, 0.3) is 0 Å². The van der Waals surface area contributed by atoms with E-state index in [1.54, 1.807) is 24.7 Å². The summed E-state index contributed by atoms with van der Waals surface area (Å²) in [5, 5.41) is 9.69. The first-order valence-electron chi connectivity index (χ1n) is 3.78. The van der Waals surface area contributed by atoms with Crippen LogP contribution < -0.4 is 0 Å². The topological polar surface area (TPSA) is 33.4 Å². The Morgan fingerprint density at radius 3 is 2.62 bits per heavy atom. The maximum absolute atomic E-state index is 9.34. The minimum atomic E-state index is 0.0837. The van der Waals surface area contributed by atoms with Gasteiger partial charge in [-0.05, 0) is 23.8 Å². The van der Waals surface area contributed by atoms with Gasteiger partial charge in [-0.15, -0.1) is 0 Å². The van der Waals surface area contributed by atoms with Crippen LogP contribution in [0, 0.1) is 0 Å². The van der Waals surface area contributed by atoms with Crippen LogP contribution in [0.2, 0.25) is 5.02 Å². The summed E-state index contributed by atoms with van der Waals surface area (Å²) in [6.07, 6.45) is 3.20. The minimum absolute atomic E-state index is 0.0837. The molecule has 1 aromatic heterocycles. The fourth-order valence-electron chi connectivity index (χ4n) is 1.12. The molecule has 1 heterocycles. The van der Waals surface area contributed by atoms with Gasteiger partial charge in [-0.1, -0.05) is 17.7 Å². The monoisotopic (exact) mass is 194 g/mol. The van der Waals surface area contributed by atoms with E-state index < -0.39 is 0 Å². The molecule has 0 aliphatic heterocycles. The van der Waals surface area contributed by atoms with E-state index >= 15 is 0 Å². The Kier molecular flexibility index (Phi) is 1.99. The summed E-state index contributed by atoms with van der Waals surface area (Å²) in [4.78, 5) is 0. The van der Waals surface area contributed by atoms with Gasteiger partial charge in [0.2, 0.25) is 0 Å². The largest absolute Gasteiger partial charge is 0.506 e. The average molecular weight is 195 g/mol. The third kappa shape index (κ3) is 1.53. The number of hydrogen-bond acceptors (Lipinski definition) is 2. The van der Waals surface area contributed by atoms with Crippen LogP contribution in [0.1, 0.15) is 0 Å². The summed E-state index contributed by atoms with van der Waals surface area (Å²) in [6.45, 7) is 0. The summed E-state index contributed by atoms with van der Waals surface area (Å²) < 4.78 is 4.92. The molecule has 0 atom stereocenters. The van der Waals surface area contributed by atoms with Crippen molar-refractivity contribution in [1.82, 2.24) is 0 Å². The van der Waals surface area contributed by atoms with Crippen LogP contribution >= 0.6 is 11.6 Å². The molecule has 0 bridgehead atoms. The number of aromatic hydroxyl groups is 1. The van der Waals surface area contributed by atoms with Gasteiger partial charge in [0.15, 0.2) is 0 Å². The molecule has 1 N–H and O–H groups in total. The number of halogens is 1. The maximum Gasteiger partial charge on any atom is 0.134 e. The SMILES string of the molecule is Oc1cc(-c2ccoc2)ccc1Cl. The lowest BCUT2D eigenvalue weighted by Gasteiger charge is -1.99. The predicted octanol–water partition coefficient (Wildman–Crippen LogP) is 3.31. The van der Waals surface area contributed by atoms with Gasteiger partial charge in [0.05, 0.1) is 17.5 Å². The lowest BCUT2D eigenvalue weighted by molar-refractivity contribution is 0.476. The Bertz CT molecular complexity index is 407. The summed E-state index contributed by atoms with van der Waals surface area (Å²) in [7, 11) is 0. The molecule has 0 unspecified atom stereocenters. The maximum atomic E-state index is 9.34. The lowest BCUT2D eigenvalue weighted by Crippen LogP contribution is -1.74. The van der Waals surface area contributed by atoms with Crippen LogP contribution in [0.4, 0.5) is 0 Å². The zero-order valence-electron chi connectivity index (χ0n) is 6.70. The summed E-state index contributed by atoms with van der Waals surface area (Å²) >= 11 is 5.67. The Morgan fingerprint density at radius 2 is 2.00 bits per heavy atom. The molecule has 0 saturated carbocycles. The number of hydrogen-bond donors (Lipinski definition) is 1. The zero-order valence-corrected chi connectivity index (χ0v) is 7.45. The van der Waals surface area contributed by atoms with E-state index in [0.717, 1.165) is 11.1 Å². The molecule has 0 fully saturated rings. The van der Waals surface area contributed by atoms with E-state index in [4.69, 9.17) is 16.0 Å². The van der Waals surface area contributed by atoms with E-state index in [0.29, 0.717) is 5.02 Å². The first kappa shape index (κ1) is 8.20. The summed E-state index contributed by atoms with van der Waals surface area (Å²) in [6, 6.07) is 6.90. The molecule has 0 saturated heterocycles. The molecular formula is C10H7ClO2. The Balaban J connectivity index is 2.49. The highest BCUT2D eigenvalue weighted by Crippen LogP contribution is 2.29. The van der Waals surface area contributed by atoms with Crippen molar-refractivity contribution in [3.8, 4) is 16.9 Å². The van der Waals surface area contributed by atoms with E-state index in [-0.39, 0.29) is 5.75 Å². The van der Waals surface area contributed by atoms with Crippen molar-refractivity contribution in [2.24, 2.45) is 0 Å². The molecular weight excluding hydrogens is 188 g/mol. The molecule has 0 aliphatic rings.